The molecular weight excluding hydrogens is 520 g/mol. The number of nitrogens with one attached hydrogen (secondary N) is 2. The third-order valence-electron chi connectivity index (χ3n) is 6.76. The molecule has 3 aromatic rings. The maximum atomic E-state index is 13.1. The Morgan fingerprint density at radius 2 is 1.77 bits per heavy atom. The molecule has 3 aromatic heterocycles. The van der Waals surface area contributed by atoms with E-state index in [9.17, 15) is 9.59 Å². The molecule has 4 heterocycles. The Morgan fingerprint density at radius 1 is 1.05 bits per heavy atom. The maximum Gasteiger partial charge on any atom is 0.409 e. The molecule has 1 aliphatic heterocycles. The third kappa shape index (κ3) is 6.56. The Hall–Kier alpha value is -3.94. The van der Waals surface area contributed by atoms with E-state index < -0.39 is 6.04 Å². The van der Waals surface area contributed by atoms with Crippen molar-refractivity contribution in [1.82, 2.24) is 39.1 Å². The molecule has 13 nitrogen and oxygen atoms in total. The fourth-order valence-corrected chi connectivity index (χ4v) is 4.67. The average molecular weight is 557 g/mol. The van der Waals surface area contributed by atoms with Gasteiger partial charge in [0.1, 0.15) is 6.04 Å². The van der Waals surface area contributed by atoms with Crippen LogP contribution in [0.4, 0.5) is 16.2 Å². The summed E-state index contributed by atoms with van der Waals surface area (Å²) in [4.78, 5) is 28.4. The van der Waals surface area contributed by atoms with Crippen molar-refractivity contribution in [2.45, 2.75) is 53.8 Å². The molecule has 0 radical (unpaired) electrons. The minimum atomic E-state index is -0.506. The van der Waals surface area contributed by atoms with Gasteiger partial charge in [-0.25, -0.2) is 4.79 Å². The second kappa shape index (κ2) is 12.3. The average Bonchev–Trinajstić information content (AvgIpc) is 3.62. The number of aromatic nitrogens is 6. The number of carbonyl (C=O) groups excluding carboxylic acids is 2. The van der Waals surface area contributed by atoms with Gasteiger partial charge in [-0.1, -0.05) is 0 Å². The number of nitrogens with zero attached hydrogens (tertiary/aromatic N) is 8. The molecule has 210 valence electrons. The highest BCUT2D eigenvalue weighted by Gasteiger charge is 2.29. The van der Waals surface area contributed by atoms with Crippen molar-refractivity contribution in [3.05, 3.63) is 41.7 Å². The van der Waals surface area contributed by atoms with E-state index in [0.717, 1.165) is 23.5 Å². The van der Waals surface area contributed by atoms with Crippen molar-refractivity contribution < 1.29 is 14.3 Å². The van der Waals surface area contributed by atoms with Crippen molar-refractivity contribution in [2.24, 2.45) is 0 Å². The lowest BCUT2D eigenvalue weighted by atomic mass is 10.2. The van der Waals surface area contributed by atoms with Gasteiger partial charge in [0.25, 0.3) is 0 Å². The number of piperazine rings is 1. The molecule has 4 rings (SSSR count). The summed E-state index contributed by atoms with van der Waals surface area (Å²) in [6.45, 7) is 13.1. The highest BCUT2D eigenvalue weighted by molar-refractivity contribution is 7.80. The summed E-state index contributed by atoms with van der Waals surface area (Å²) >= 11 is 5.51. The van der Waals surface area contributed by atoms with E-state index in [2.05, 4.69) is 39.8 Å². The number of ether oxygens (including phenoxy) is 1. The summed E-state index contributed by atoms with van der Waals surface area (Å²) < 4.78 is 10.5. The minimum Gasteiger partial charge on any atom is -0.450 e. The summed E-state index contributed by atoms with van der Waals surface area (Å²) in [6, 6.07) is -0.506. The van der Waals surface area contributed by atoms with Crippen LogP contribution in [0.25, 0.3) is 0 Å². The largest absolute Gasteiger partial charge is 0.450 e. The van der Waals surface area contributed by atoms with Gasteiger partial charge in [-0.3, -0.25) is 18.8 Å². The summed E-state index contributed by atoms with van der Waals surface area (Å²) in [5.41, 5.74) is 4.40. The molecule has 1 unspecified atom stereocenters. The van der Waals surface area contributed by atoms with Crippen LogP contribution in [0.2, 0.25) is 0 Å². The Balaban J connectivity index is 1.31. The molecule has 1 atom stereocenters. The standard InChI is InChI=1S/C25H36N10O3S/c1-6-34-18(4)20(12-27-34)14-33-15-21(13-26-33)28-24(39)29-22-16-35(30-17(22)3)19(5)23(36)31-8-10-32(11-9-31)25(37)38-7-2/h12-13,15-16,19H,6-11,14H2,1-5H3,(H2,28,29,39). The van der Waals surface area contributed by atoms with E-state index in [-0.39, 0.29) is 12.0 Å². The maximum absolute atomic E-state index is 13.1. The van der Waals surface area contributed by atoms with Gasteiger partial charge >= 0.3 is 6.09 Å². The monoisotopic (exact) mass is 556 g/mol. The van der Waals surface area contributed by atoms with Crippen LogP contribution in [0.15, 0.2) is 24.8 Å². The fraction of sp³-hybridized carbons (Fsp3) is 0.520. The molecular formula is C25H36N10O3S. The second-order valence-corrected chi connectivity index (χ2v) is 9.78. The lowest BCUT2D eigenvalue weighted by Gasteiger charge is -2.35. The third-order valence-corrected chi connectivity index (χ3v) is 6.97. The molecule has 2 amide bonds. The van der Waals surface area contributed by atoms with Crippen LogP contribution in [0.3, 0.4) is 0 Å². The molecule has 0 bridgehead atoms. The van der Waals surface area contributed by atoms with Gasteiger partial charge in [-0.2, -0.15) is 15.3 Å². The number of thiocarbonyl (C=S) groups is 1. The number of aryl methyl sites for hydroxylation is 2. The number of rotatable bonds is 8. The first-order valence-electron chi connectivity index (χ1n) is 13.1. The molecule has 1 aliphatic rings. The number of hydrogen-bond acceptors (Lipinski definition) is 7. The van der Waals surface area contributed by atoms with Crippen LogP contribution in [0, 0.1) is 13.8 Å². The van der Waals surface area contributed by atoms with Crippen molar-refractivity contribution in [3.8, 4) is 0 Å². The van der Waals surface area contributed by atoms with Gasteiger partial charge < -0.3 is 25.2 Å². The minimum absolute atomic E-state index is 0.0552. The zero-order valence-electron chi connectivity index (χ0n) is 23.0. The Morgan fingerprint density at radius 3 is 2.44 bits per heavy atom. The lowest BCUT2D eigenvalue weighted by Crippen LogP contribution is -2.52. The van der Waals surface area contributed by atoms with Crippen LogP contribution in [-0.2, 0) is 22.6 Å². The number of anilines is 2. The number of hydrogen-bond donors (Lipinski definition) is 2. The Kier molecular flexibility index (Phi) is 8.84. The zero-order valence-corrected chi connectivity index (χ0v) is 23.9. The first-order chi connectivity index (χ1) is 18.7. The summed E-state index contributed by atoms with van der Waals surface area (Å²) in [5.74, 6) is -0.0552. The van der Waals surface area contributed by atoms with Gasteiger partial charge in [0, 0.05) is 56.4 Å². The number of amides is 2. The molecule has 1 saturated heterocycles. The SMILES string of the molecule is CCOC(=O)N1CCN(C(=O)C(C)n2cc(NC(=S)Nc3cnn(Cc4cnn(CC)c4C)c3)c(C)n2)CC1. The van der Waals surface area contributed by atoms with Crippen LogP contribution < -0.4 is 10.6 Å². The van der Waals surface area contributed by atoms with Gasteiger partial charge in [-0.05, 0) is 46.8 Å². The van der Waals surface area contributed by atoms with Crippen molar-refractivity contribution >= 4 is 40.7 Å². The molecule has 14 heteroatoms. The van der Waals surface area contributed by atoms with E-state index >= 15 is 0 Å². The summed E-state index contributed by atoms with van der Waals surface area (Å²) in [7, 11) is 0. The molecule has 0 aliphatic carbocycles. The van der Waals surface area contributed by atoms with Gasteiger partial charge in [0.2, 0.25) is 5.91 Å². The first kappa shape index (κ1) is 28.1. The summed E-state index contributed by atoms with van der Waals surface area (Å²) in [5, 5.41) is 20.0. The van der Waals surface area contributed by atoms with E-state index in [1.165, 1.54) is 0 Å². The van der Waals surface area contributed by atoms with E-state index in [1.54, 1.807) is 33.8 Å². The van der Waals surface area contributed by atoms with Crippen LogP contribution in [-0.4, -0.2) is 89.0 Å². The van der Waals surface area contributed by atoms with E-state index in [0.29, 0.717) is 55.8 Å². The van der Waals surface area contributed by atoms with Crippen molar-refractivity contribution in [2.75, 3.05) is 43.4 Å². The first-order valence-corrected chi connectivity index (χ1v) is 13.5. The second-order valence-electron chi connectivity index (χ2n) is 9.37. The van der Waals surface area contributed by atoms with Crippen LogP contribution in [0.5, 0.6) is 0 Å². The molecule has 0 spiro atoms. The smallest absolute Gasteiger partial charge is 0.409 e. The zero-order chi connectivity index (χ0) is 28.1. The molecule has 0 aromatic carbocycles. The van der Waals surface area contributed by atoms with Gasteiger partial charge in [0.05, 0.1) is 42.6 Å². The number of carbonyl (C=O) groups is 2. The van der Waals surface area contributed by atoms with Crippen molar-refractivity contribution in [1.29, 1.82) is 0 Å². The Labute approximate surface area is 233 Å². The molecule has 2 N–H and O–H groups in total. The van der Waals surface area contributed by atoms with Crippen LogP contribution in [0.1, 0.15) is 43.8 Å². The van der Waals surface area contributed by atoms with Gasteiger partial charge in [0.15, 0.2) is 5.11 Å². The van der Waals surface area contributed by atoms with Gasteiger partial charge in [-0.15, -0.1) is 0 Å². The predicted octanol–water partition coefficient (Wildman–Crippen LogP) is 2.63. The lowest BCUT2D eigenvalue weighted by molar-refractivity contribution is -0.136. The predicted molar refractivity (Wildman–Crippen MR) is 151 cm³/mol. The fourth-order valence-electron chi connectivity index (χ4n) is 4.44. The topological polar surface area (TPSA) is 127 Å². The Bertz CT molecular complexity index is 1320. The highest BCUT2D eigenvalue weighted by Crippen LogP contribution is 2.19. The van der Waals surface area contributed by atoms with E-state index in [4.69, 9.17) is 17.0 Å². The van der Waals surface area contributed by atoms with E-state index in [1.807, 2.05) is 35.6 Å². The summed E-state index contributed by atoms with van der Waals surface area (Å²) in [6.07, 6.45) is 6.90. The molecule has 0 saturated carbocycles. The molecule has 1 fully saturated rings. The normalized spacial score (nSPS) is 14.3. The molecule has 39 heavy (non-hydrogen) atoms. The van der Waals surface area contributed by atoms with Crippen LogP contribution >= 0.6 is 12.2 Å². The highest BCUT2D eigenvalue weighted by atomic mass is 32.1. The quantitative estimate of drug-likeness (QED) is 0.403. The van der Waals surface area contributed by atoms with Crippen molar-refractivity contribution in [3.63, 3.8) is 0 Å².